The Morgan fingerprint density at radius 2 is 1.77 bits per heavy atom. The summed E-state index contributed by atoms with van der Waals surface area (Å²) in [6.45, 7) is 7.67. The van der Waals surface area contributed by atoms with Crippen LogP contribution in [-0.4, -0.2) is 43.3 Å². The van der Waals surface area contributed by atoms with Gasteiger partial charge in [-0.3, -0.25) is 10.3 Å². The van der Waals surface area contributed by atoms with Crippen molar-refractivity contribution in [2.75, 3.05) is 43.0 Å². The Bertz CT molecular complexity index is 569. The van der Waals surface area contributed by atoms with Gasteiger partial charge in [-0.2, -0.15) is 15.6 Å². The van der Waals surface area contributed by atoms with Crippen molar-refractivity contribution in [3.8, 4) is 12.1 Å². The molecular weight excluding hydrogens is 276 g/mol. The lowest BCUT2D eigenvalue weighted by atomic mass is 10.2. The minimum Gasteiger partial charge on any atom is -0.369 e. The van der Waals surface area contributed by atoms with E-state index in [-0.39, 0.29) is 5.71 Å². The molecule has 0 aliphatic carbocycles. The molecule has 0 unspecified atom stereocenters. The summed E-state index contributed by atoms with van der Waals surface area (Å²) in [4.78, 5) is 4.86. The molecule has 0 amide bonds. The summed E-state index contributed by atoms with van der Waals surface area (Å²) in [5, 5.41) is 21.0. The number of benzene rings is 1. The number of rotatable bonds is 5. The molecule has 1 aromatic carbocycles. The van der Waals surface area contributed by atoms with Crippen molar-refractivity contribution in [2.24, 2.45) is 5.10 Å². The molecule has 0 bridgehead atoms. The van der Waals surface area contributed by atoms with E-state index in [9.17, 15) is 0 Å². The van der Waals surface area contributed by atoms with E-state index >= 15 is 0 Å². The second kappa shape index (κ2) is 8.02. The van der Waals surface area contributed by atoms with Crippen LogP contribution in [0.15, 0.2) is 29.4 Å². The van der Waals surface area contributed by atoms with Gasteiger partial charge in [-0.05, 0) is 37.2 Å². The number of nitrogens with zero attached hydrogens (tertiary/aromatic N) is 5. The number of piperazine rings is 1. The van der Waals surface area contributed by atoms with Crippen molar-refractivity contribution >= 4 is 17.1 Å². The molecule has 0 atom stereocenters. The van der Waals surface area contributed by atoms with E-state index in [1.807, 2.05) is 24.3 Å². The fourth-order valence-corrected chi connectivity index (χ4v) is 2.49. The largest absolute Gasteiger partial charge is 0.369 e. The molecule has 0 saturated carbocycles. The van der Waals surface area contributed by atoms with Crippen LogP contribution in [0.2, 0.25) is 0 Å². The SMILES string of the molecule is CCCN1CCN(c2ccc(NN=C(C#N)C#N)cc2)CC1. The van der Waals surface area contributed by atoms with Crippen LogP contribution in [-0.2, 0) is 0 Å². The molecule has 0 spiro atoms. The van der Waals surface area contributed by atoms with Gasteiger partial charge in [0.25, 0.3) is 0 Å². The van der Waals surface area contributed by atoms with Gasteiger partial charge in [-0.15, -0.1) is 0 Å². The van der Waals surface area contributed by atoms with Crippen molar-refractivity contribution in [3.63, 3.8) is 0 Å². The standard InChI is InChI=1S/C16H20N6/c1-2-7-21-8-10-22(11-9-21)16-5-3-14(4-6-16)19-20-15(12-17)13-18/h3-6,19H,2,7-11H2,1H3. The predicted molar refractivity (Wildman–Crippen MR) is 87.7 cm³/mol. The minimum absolute atomic E-state index is 0.184. The molecule has 1 fully saturated rings. The maximum atomic E-state index is 8.62. The molecule has 2 rings (SSSR count). The van der Waals surface area contributed by atoms with E-state index < -0.39 is 0 Å². The van der Waals surface area contributed by atoms with Crippen LogP contribution in [0, 0.1) is 22.7 Å². The second-order valence-corrected chi connectivity index (χ2v) is 5.17. The smallest absolute Gasteiger partial charge is 0.237 e. The van der Waals surface area contributed by atoms with E-state index in [0.717, 1.165) is 31.9 Å². The molecule has 6 heteroatoms. The molecule has 6 nitrogen and oxygen atoms in total. The van der Waals surface area contributed by atoms with Crippen molar-refractivity contribution in [1.29, 1.82) is 10.5 Å². The lowest BCUT2D eigenvalue weighted by Crippen LogP contribution is -2.46. The highest BCUT2D eigenvalue weighted by molar-refractivity contribution is 6.10. The predicted octanol–water partition coefficient (Wildman–Crippen LogP) is 2.03. The number of hydrogen-bond donors (Lipinski definition) is 1. The van der Waals surface area contributed by atoms with Crippen LogP contribution < -0.4 is 10.3 Å². The maximum Gasteiger partial charge on any atom is 0.237 e. The summed E-state index contributed by atoms with van der Waals surface area (Å²) >= 11 is 0. The molecule has 1 aliphatic rings. The highest BCUT2D eigenvalue weighted by Gasteiger charge is 2.16. The highest BCUT2D eigenvalue weighted by atomic mass is 15.3. The Balaban J connectivity index is 1.92. The van der Waals surface area contributed by atoms with Crippen molar-refractivity contribution in [1.82, 2.24) is 4.90 Å². The van der Waals surface area contributed by atoms with Crippen molar-refractivity contribution < 1.29 is 0 Å². The number of anilines is 2. The molecule has 1 N–H and O–H groups in total. The summed E-state index contributed by atoms with van der Waals surface area (Å²) in [5.41, 5.74) is 4.48. The lowest BCUT2D eigenvalue weighted by molar-refractivity contribution is 0.258. The number of nitrogens with one attached hydrogen (secondary N) is 1. The van der Waals surface area contributed by atoms with Gasteiger partial charge in [-0.25, -0.2) is 0 Å². The quantitative estimate of drug-likeness (QED) is 0.664. The molecule has 1 heterocycles. The van der Waals surface area contributed by atoms with Crippen LogP contribution in [0.1, 0.15) is 13.3 Å². The van der Waals surface area contributed by atoms with Gasteiger partial charge in [0.15, 0.2) is 0 Å². The van der Waals surface area contributed by atoms with Crippen LogP contribution in [0.25, 0.3) is 0 Å². The summed E-state index contributed by atoms with van der Waals surface area (Å²) in [6.07, 6.45) is 1.20. The van der Waals surface area contributed by atoms with Gasteiger partial charge >= 0.3 is 0 Å². The number of hydrogen-bond acceptors (Lipinski definition) is 6. The third-order valence-electron chi connectivity index (χ3n) is 3.65. The molecular formula is C16H20N6. The zero-order valence-electron chi connectivity index (χ0n) is 12.8. The first-order valence-corrected chi connectivity index (χ1v) is 7.48. The first-order chi connectivity index (χ1) is 10.8. The van der Waals surface area contributed by atoms with E-state index in [1.54, 1.807) is 12.1 Å². The average molecular weight is 296 g/mol. The number of nitriles is 2. The van der Waals surface area contributed by atoms with Gasteiger partial charge in [0.1, 0.15) is 12.1 Å². The van der Waals surface area contributed by atoms with Crippen molar-refractivity contribution in [3.05, 3.63) is 24.3 Å². The van der Waals surface area contributed by atoms with Gasteiger partial charge in [-0.1, -0.05) is 6.92 Å². The van der Waals surface area contributed by atoms with Crippen LogP contribution in [0.5, 0.6) is 0 Å². The number of hydrazone groups is 1. The Morgan fingerprint density at radius 1 is 1.14 bits per heavy atom. The van der Waals surface area contributed by atoms with Gasteiger partial charge < -0.3 is 4.90 Å². The fraction of sp³-hybridized carbons (Fsp3) is 0.438. The third-order valence-corrected chi connectivity index (χ3v) is 3.65. The topological polar surface area (TPSA) is 78.4 Å². The van der Waals surface area contributed by atoms with Crippen LogP contribution in [0.3, 0.4) is 0 Å². The second-order valence-electron chi connectivity index (χ2n) is 5.17. The average Bonchev–Trinajstić information content (AvgIpc) is 2.57. The summed E-state index contributed by atoms with van der Waals surface area (Å²) in [7, 11) is 0. The zero-order valence-corrected chi connectivity index (χ0v) is 12.8. The maximum absolute atomic E-state index is 8.62. The fourth-order valence-electron chi connectivity index (χ4n) is 2.49. The Hall–Kier alpha value is -2.57. The minimum atomic E-state index is -0.184. The summed E-state index contributed by atoms with van der Waals surface area (Å²) < 4.78 is 0. The normalized spacial score (nSPS) is 14.8. The molecule has 1 saturated heterocycles. The van der Waals surface area contributed by atoms with Gasteiger partial charge in [0.2, 0.25) is 5.71 Å². The molecule has 114 valence electrons. The summed E-state index contributed by atoms with van der Waals surface area (Å²) in [5.74, 6) is 0. The Kier molecular flexibility index (Phi) is 5.76. The van der Waals surface area contributed by atoms with Gasteiger partial charge in [0.05, 0.1) is 5.69 Å². The van der Waals surface area contributed by atoms with Crippen LogP contribution >= 0.6 is 0 Å². The van der Waals surface area contributed by atoms with E-state index in [0.29, 0.717) is 0 Å². The van der Waals surface area contributed by atoms with Gasteiger partial charge in [0, 0.05) is 31.9 Å². The monoisotopic (exact) mass is 296 g/mol. The third kappa shape index (κ3) is 4.21. The molecule has 22 heavy (non-hydrogen) atoms. The molecule has 0 radical (unpaired) electrons. The first-order valence-electron chi connectivity index (χ1n) is 7.48. The molecule has 0 aromatic heterocycles. The van der Waals surface area contributed by atoms with E-state index in [1.165, 1.54) is 18.7 Å². The Morgan fingerprint density at radius 3 is 2.32 bits per heavy atom. The Labute approximate surface area is 131 Å². The van der Waals surface area contributed by atoms with E-state index in [4.69, 9.17) is 10.5 Å². The van der Waals surface area contributed by atoms with Crippen LogP contribution in [0.4, 0.5) is 11.4 Å². The van der Waals surface area contributed by atoms with E-state index in [2.05, 4.69) is 27.3 Å². The lowest BCUT2D eigenvalue weighted by Gasteiger charge is -2.36. The molecule has 1 aliphatic heterocycles. The van der Waals surface area contributed by atoms with Crippen molar-refractivity contribution in [2.45, 2.75) is 13.3 Å². The highest BCUT2D eigenvalue weighted by Crippen LogP contribution is 2.19. The zero-order chi connectivity index (χ0) is 15.8. The first kappa shape index (κ1) is 15.8. The molecule has 1 aromatic rings. The summed E-state index contributed by atoms with van der Waals surface area (Å²) in [6, 6.07) is 11.3.